The van der Waals surface area contributed by atoms with Crippen molar-refractivity contribution < 1.29 is 14.4 Å². The fourth-order valence-electron chi connectivity index (χ4n) is 4.82. The molecule has 1 aliphatic heterocycles. The summed E-state index contributed by atoms with van der Waals surface area (Å²) in [6, 6.07) is 20.2. The van der Waals surface area contributed by atoms with Gasteiger partial charge in [-0.3, -0.25) is 9.80 Å². The molecule has 0 aliphatic carbocycles. The van der Waals surface area contributed by atoms with E-state index < -0.39 is 6.10 Å². The minimum Gasteiger partial charge on any atom is -0.491 e. The van der Waals surface area contributed by atoms with E-state index in [2.05, 4.69) is 43.1 Å². The van der Waals surface area contributed by atoms with Crippen LogP contribution in [0.4, 0.5) is 0 Å². The molecule has 1 N–H and O–H groups in total. The van der Waals surface area contributed by atoms with Crippen LogP contribution in [0.25, 0.3) is 32.4 Å². The molecular formula is C28H29N5O3S. The molecule has 8 nitrogen and oxygen atoms in total. The lowest BCUT2D eigenvalue weighted by Crippen LogP contribution is -2.48. The summed E-state index contributed by atoms with van der Waals surface area (Å²) in [5.41, 5.74) is 1.90. The first-order valence-electron chi connectivity index (χ1n) is 12.5. The quantitative estimate of drug-likeness (QED) is 0.326. The van der Waals surface area contributed by atoms with Crippen molar-refractivity contribution in [1.29, 1.82) is 0 Å². The molecular weight excluding hydrogens is 486 g/mol. The molecule has 3 heterocycles. The molecule has 0 saturated carbocycles. The molecule has 1 atom stereocenters. The molecule has 190 valence electrons. The smallest absolute Gasteiger partial charge is 0.258 e. The van der Waals surface area contributed by atoms with E-state index in [4.69, 9.17) is 9.26 Å². The number of hydrogen-bond donors (Lipinski definition) is 1. The van der Waals surface area contributed by atoms with Gasteiger partial charge in [0.1, 0.15) is 18.5 Å². The molecule has 2 aromatic heterocycles. The van der Waals surface area contributed by atoms with Gasteiger partial charge in [-0.25, -0.2) is 4.98 Å². The number of thiazole rings is 1. The summed E-state index contributed by atoms with van der Waals surface area (Å²) in [7, 11) is 0. The Labute approximate surface area is 219 Å². The second-order valence-electron chi connectivity index (χ2n) is 9.45. The van der Waals surface area contributed by atoms with E-state index in [0.717, 1.165) is 63.5 Å². The van der Waals surface area contributed by atoms with Gasteiger partial charge in [0, 0.05) is 44.4 Å². The van der Waals surface area contributed by atoms with Crippen molar-refractivity contribution in [2.75, 3.05) is 39.3 Å². The number of aliphatic hydroxyl groups is 1. The van der Waals surface area contributed by atoms with Crippen molar-refractivity contribution in [2.45, 2.75) is 19.6 Å². The molecule has 1 saturated heterocycles. The highest BCUT2D eigenvalue weighted by Gasteiger charge is 2.21. The molecule has 9 heteroatoms. The Morgan fingerprint density at radius 3 is 2.70 bits per heavy atom. The van der Waals surface area contributed by atoms with Crippen molar-refractivity contribution in [1.82, 2.24) is 24.9 Å². The third kappa shape index (κ3) is 5.50. The van der Waals surface area contributed by atoms with E-state index in [-0.39, 0.29) is 6.61 Å². The lowest BCUT2D eigenvalue weighted by atomic mass is 10.0. The van der Waals surface area contributed by atoms with E-state index in [9.17, 15) is 5.11 Å². The normalized spacial score (nSPS) is 15.9. The van der Waals surface area contributed by atoms with Gasteiger partial charge in [0.2, 0.25) is 0 Å². The van der Waals surface area contributed by atoms with Crippen molar-refractivity contribution in [3.05, 3.63) is 71.5 Å². The molecule has 0 spiro atoms. The lowest BCUT2D eigenvalue weighted by Gasteiger charge is -2.34. The number of rotatable bonds is 8. The highest BCUT2D eigenvalue weighted by atomic mass is 32.1. The van der Waals surface area contributed by atoms with Gasteiger partial charge in [0.15, 0.2) is 5.82 Å². The summed E-state index contributed by atoms with van der Waals surface area (Å²) in [6.45, 7) is 6.99. The first kappa shape index (κ1) is 24.0. The van der Waals surface area contributed by atoms with Crippen LogP contribution in [0.3, 0.4) is 0 Å². The maximum Gasteiger partial charge on any atom is 0.258 e. The Balaban J connectivity index is 0.981. The first-order valence-corrected chi connectivity index (χ1v) is 13.4. The number of aromatic nitrogens is 3. The maximum atomic E-state index is 10.5. The number of β-amino-alcohol motifs (C(OH)–C–C–N with tert-alkyl or cyclic N) is 1. The van der Waals surface area contributed by atoms with Crippen LogP contribution >= 0.6 is 11.3 Å². The monoisotopic (exact) mass is 515 g/mol. The third-order valence-corrected chi connectivity index (χ3v) is 7.65. The third-order valence-electron chi connectivity index (χ3n) is 6.70. The second kappa shape index (κ2) is 10.5. The van der Waals surface area contributed by atoms with Crippen LogP contribution in [-0.4, -0.2) is 75.5 Å². The zero-order valence-corrected chi connectivity index (χ0v) is 21.5. The molecule has 1 fully saturated rings. The molecule has 6 rings (SSSR count). The predicted octanol–water partition coefficient (Wildman–Crippen LogP) is 4.37. The number of hydrogen-bond acceptors (Lipinski definition) is 9. The molecule has 3 aromatic carbocycles. The summed E-state index contributed by atoms with van der Waals surface area (Å²) in [5, 5.41) is 18.1. The maximum absolute atomic E-state index is 10.5. The average molecular weight is 516 g/mol. The van der Waals surface area contributed by atoms with Gasteiger partial charge in [-0.05, 0) is 35.9 Å². The van der Waals surface area contributed by atoms with Gasteiger partial charge in [0.05, 0.1) is 21.8 Å². The minimum absolute atomic E-state index is 0.259. The number of ether oxygens (including phenoxy) is 1. The van der Waals surface area contributed by atoms with Crippen molar-refractivity contribution in [3.63, 3.8) is 0 Å². The minimum atomic E-state index is -0.556. The molecule has 5 aromatic rings. The Hall–Kier alpha value is -3.37. The molecule has 0 amide bonds. The van der Waals surface area contributed by atoms with Gasteiger partial charge < -0.3 is 14.4 Å². The Morgan fingerprint density at radius 1 is 1.00 bits per heavy atom. The molecule has 0 unspecified atom stereocenters. The average Bonchev–Trinajstić information content (AvgIpc) is 3.53. The van der Waals surface area contributed by atoms with Crippen LogP contribution in [0.15, 0.2) is 65.2 Å². The van der Waals surface area contributed by atoms with Crippen LogP contribution in [0.2, 0.25) is 0 Å². The van der Waals surface area contributed by atoms with Gasteiger partial charge in [-0.1, -0.05) is 41.6 Å². The summed E-state index contributed by atoms with van der Waals surface area (Å²) in [6.07, 6.45) is -0.556. The highest BCUT2D eigenvalue weighted by Crippen LogP contribution is 2.28. The van der Waals surface area contributed by atoms with Crippen LogP contribution in [0.1, 0.15) is 10.8 Å². The summed E-state index contributed by atoms with van der Waals surface area (Å²) < 4.78 is 12.6. The summed E-state index contributed by atoms with van der Waals surface area (Å²) in [4.78, 5) is 13.8. The molecule has 0 radical (unpaired) electrons. The standard InChI is InChI=1S/C28H29N5O3S/c1-19-29-25-15-22(9-10-26(25)37-19)35-18-21(34)16-32-11-13-33(14-12-32)17-27-30-28(36-31-27)24-8-4-6-20-5-2-3-7-23(20)24/h2-10,15,21,34H,11-14,16-18H2,1H3/t21-/m1/s1. The zero-order chi connectivity index (χ0) is 25.2. The van der Waals surface area contributed by atoms with Crippen molar-refractivity contribution >= 4 is 32.3 Å². The van der Waals surface area contributed by atoms with E-state index in [1.807, 2.05) is 49.4 Å². The summed E-state index contributed by atoms with van der Waals surface area (Å²) >= 11 is 1.67. The number of benzene rings is 3. The Bertz CT molecular complexity index is 1500. The summed E-state index contributed by atoms with van der Waals surface area (Å²) in [5.74, 6) is 1.99. The van der Waals surface area contributed by atoms with E-state index in [1.54, 1.807) is 11.3 Å². The van der Waals surface area contributed by atoms with Crippen molar-refractivity contribution in [2.24, 2.45) is 0 Å². The number of fused-ring (bicyclic) bond motifs is 2. The van der Waals surface area contributed by atoms with Crippen LogP contribution in [0, 0.1) is 6.92 Å². The van der Waals surface area contributed by atoms with Gasteiger partial charge in [0.25, 0.3) is 5.89 Å². The highest BCUT2D eigenvalue weighted by molar-refractivity contribution is 7.18. The molecule has 0 bridgehead atoms. The largest absolute Gasteiger partial charge is 0.491 e. The van der Waals surface area contributed by atoms with Gasteiger partial charge >= 0.3 is 0 Å². The predicted molar refractivity (Wildman–Crippen MR) is 145 cm³/mol. The number of aliphatic hydroxyl groups excluding tert-OH is 1. The number of piperazine rings is 1. The fourth-order valence-corrected chi connectivity index (χ4v) is 5.63. The molecule has 37 heavy (non-hydrogen) atoms. The SMILES string of the molecule is Cc1nc2cc(OC[C@H](O)CN3CCN(Cc4noc(-c5cccc6ccccc56)n4)CC3)ccc2s1. The zero-order valence-electron chi connectivity index (χ0n) is 20.7. The van der Waals surface area contributed by atoms with E-state index in [0.29, 0.717) is 24.8 Å². The topological polar surface area (TPSA) is 87.8 Å². The fraction of sp³-hybridized carbons (Fsp3) is 0.321. The van der Waals surface area contributed by atoms with E-state index in [1.165, 1.54) is 0 Å². The van der Waals surface area contributed by atoms with Crippen LogP contribution in [0.5, 0.6) is 5.75 Å². The number of nitrogens with zero attached hydrogens (tertiary/aromatic N) is 5. The van der Waals surface area contributed by atoms with E-state index >= 15 is 0 Å². The van der Waals surface area contributed by atoms with Crippen LogP contribution < -0.4 is 4.74 Å². The Morgan fingerprint density at radius 2 is 1.81 bits per heavy atom. The van der Waals surface area contributed by atoms with Gasteiger partial charge in [-0.15, -0.1) is 11.3 Å². The first-order chi connectivity index (χ1) is 18.1. The Kier molecular flexibility index (Phi) is 6.84. The number of aryl methyl sites for hydroxylation is 1. The van der Waals surface area contributed by atoms with Gasteiger partial charge in [-0.2, -0.15) is 4.98 Å². The lowest BCUT2D eigenvalue weighted by molar-refractivity contribution is 0.0440. The second-order valence-corrected chi connectivity index (χ2v) is 10.7. The van der Waals surface area contributed by atoms with Crippen molar-refractivity contribution in [3.8, 4) is 17.2 Å². The molecule has 1 aliphatic rings. The van der Waals surface area contributed by atoms with Crippen LogP contribution in [-0.2, 0) is 6.54 Å².